The average Bonchev–Trinajstić information content (AvgIpc) is 2.84. The highest BCUT2D eigenvalue weighted by Crippen LogP contribution is 2.18. The van der Waals surface area contributed by atoms with Crippen LogP contribution in [0.2, 0.25) is 0 Å². The number of nitrogens with zero attached hydrogens (tertiary/aromatic N) is 2. The van der Waals surface area contributed by atoms with Gasteiger partial charge in [0.15, 0.2) is 11.6 Å². The molecule has 0 fully saturated rings. The van der Waals surface area contributed by atoms with E-state index in [1.54, 1.807) is 13.1 Å². The van der Waals surface area contributed by atoms with E-state index in [9.17, 15) is 22.8 Å². The highest BCUT2D eigenvalue weighted by Gasteiger charge is 2.22. The number of carbonyl (C=O) groups is 2. The third-order valence-electron chi connectivity index (χ3n) is 5.64. The van der Waals surface area contributed by atoms with Crippen LogP contribution in [-0.2, 0) is 16.0 Å². The Labute approximate surface area is 201 Å². The Morgan fingerprint density at radius 3 is 2.71 bits per heavy atom. The van der Waals surface area contributed by atoms with E-state index in [4.69, 9.17) is 10.5 Å². The highest BCUT2D eigenvalue weighted by atomic mass is 19.2. The Balaban J connectivity index is 1.57. The SMILES string of the molecule is CN(C(=O)CCc1cccc(F)c1F)[C@@H](CCCN)COC(=O)Nc1cc2cc(F)ccc2cn1. The van der Waals surface area contributed by atoms with E-state index < -0.39 is 29.6 Å². The third-order valence-corrected chi connectivity index (χ3v) is 5.64. The molecule has 0 aliphatic heterocycles. The molecule has 7 nitrogen and oxygen atoms in total. The number of likely N-dealkylation sites (N-methyl/N-ethyl adjacent to an activating group) is 1. The topological polar surface area (TPSA) is 97.5 Å². The van der Waals surface area contributed by atoms with Crippen LogP contribution in [0.1, 0.15) is 24.8 Å². The number of hydrogen-bond donors (Lipinski definition) is 2. The summed E-state index contributed by atoms with van der Waals surface area (Å²) in [5.74, 6) is -2.46. The van der Waals surface area contributed by atoms with Crippen molar-refractivity contribution in [1.29, 1.82) is 0 Å². The molecule has 2 amide bonds. The molecule has 35 heavy (non-hydrogen) atoms. The number of benzene rings is 2. The maximum atomic E-state index is 13.9. The van der Waals surface area contributed by atoms with Crippen molar-refractivity contribution >= 4 is 28.6 Å². The Morgan fingerprint density at radius 1 is 1.14 bits per heavy atom. The fraction of sp³-hybridized carbons (Fsp3) is 0.320. The normalized spacial score (nSPS) is 11.8. The van der Waals surface area contributed by atoms with Crippen LogP contribution in [0.3, 0.4) is 0 Å². The fourth-order valence-electron chi connectivity index (χ4n) is 3.60. The van der Waals surface area contributed by atoms with E-state index in [0.717, 1.165) is 6.07 Å². The van der Waals surface area contributed by atoms with Gasteiger partial charge in [0, 0.05) is 25.1 Å². The molecule has 0 saturated heterocycles. The van der Waals surface area contributed by atoms with Crippen molar-refractivity contribution in [1.82, 2.24) is 9.88 Å². The zero-order chi connectivity index (χ0) is 25.4. The van der Waals surface area contributed by atoms with Crippen LogP contribution in [-0.4, -0.2) is 48.1 Å². The van der Waals surface area contributed by atoms with Crippen LogP contribution in [0.4, 0.5) is 23.8 Å². The molecule has 0 spiro atoms. The summed E-state index contributed by atoms with van der Waals surface area (Å²) in [5, 5.41) is 3.77. The van der Waals surface area contributed by atoms with Gasteiger partial charge in [0.05, 0.1) is 6.04 Å². The second-order valence-corrected chi connectivity index (χ2v) is 8.09. The van der Waals surface area contributed by atoms with Gasteiger partial charge in [-0.15, -0.1) is 0 Å². The monoisotopic (exact) mass is 488 g/mol. The minimum atomic E-state index is -0.965. The number of ether oxygens (including phenoxy) is 1. The van der Waals surface area contributed by atoms with E-state index in [0.29, 0.717) is 30.2 Å². The lowest BCUT2D eigenvalue weighted by Gasteiger charge is -2.28. The molecule has 0 radical (unpaired) electrons. The summed E-state index contributed by atoms with van der Waals surface area (Å²) in [6.45, 7) is 0.279. The van der Waals surface area contributed by atoms with Gasteiger partial charge < -0.3 is 15.4 Å². The van der Waals surface area contributed by atoms with Gasteiger partial charge in [-0.1, -0.05) is 12.1 Å². The van der Waals surface area contributed by atoms with Crippen LogP contribution < -0.4 is 11.1 Å². The lowest BCUT2D eigenvalue weighted by atomic mass is 10.1. The predicted molar refractivity (Wildman–Crippen MR) is 126 cm³/mol. The Bertz CT molecular complexity index is 1190. The van der Waals surface area contributed by atoms with Crippen molar-refractivity contribution in [3.05, 3.63) is 71.7 Å². The van der Waals surface area contributed by atoms with E-state index in [-0.39, 0.29) is 36.7 Å². The van der Waals surface area contributed by atoms with Crippen LogP contribution in [0.5, 0.6) is 0 Å². The number of pyridine rings is 1. The lowest BCUT2D eigenvalue weighted by molar-refractivity contribution is -0.132. The van der Waals surface area contributed by atoms with Gasteiger partial charge >= 0.3 is 6.09 Å². The third kappa shape index (κ3) is 7.16. The largest absolute Gasteiger partial charge is 0.447 e. The number of halogens is 3. The number of nitrogens with two attached hydrogens (primary N) is 1. The molecule has 0 aliphatic carbocycles. The van der Waals surface area contributed by atoms with Crippen LogP contribution in [0.15, 0.2) is 48.7 Å². The van der Waals surface area contributed by atoms with Crippen molar-refractivity contribution in [3.63, 3.8) is 0 Å². The van der Waals surface area contributed by atoms with Gasteiger partial charge in [0.2, 0.25) is 5.91 Å². The number of carbonyl (C=O) groups excluding carboxylic acids is 2. The maximum Gasteiger partial charge on any atom is 0.412 e. The molecular weight excluding hydrogens is 461 g/mol. The quantitative estimate of drug-likeness (QED) is 0.441. The summed E-state index contributed by atoms with van der Waals surface area (Å²) < 4.78 is 46.0. The van der Waals surface area contributed by atoms with Crippen LogP contribution >= 0.6 is 0 Å². The summed E-state index contributed by atoms with van der Waals surface area (Å²) in [6.07, 6.45) is 1.78. The number of nitrogens with one attached hydrogen (secondary N) is 1. The van der Waals surface area contributed by atoms with Crippen molar-refractivity contribution in [3.8, 4) is 0 Å². The number of aromatic nitrogens is 1. The van der Waals surface area contributed by atoms with Crippen molar-refractivity contribution < 1.29 is 27.5 Å². The number of hydrogen-bond acceptors (Lipinski definition) is 5. The minimum absolute atomic E-state index is 0.0337. The molecule has 1 atom stereocenters. The summed E-state index contributed by atoms with van der Waals surface area (Å²) in [5.41, 5.74) is 5.71. The molecule has 3 aromatic rings. The van der Waals surface area contributed by atoms with E-state index in [1.807, 2.05) is 0 Å². The lowest BCUT2D eigenvalue weighted by Crippen LogP contribution is -2.41. The second kappa shape index (κ2) is 12.2. The fourth-order valence-corrected chi connectivity index (χ4v) is 3.60. The van der Waals surface area contributed by atoms with Gasteiger partial charge in [0.1, 0.15) is 18.2 Å². The molecule has 0 aliphatic rings. The molecule has 1 heterocycles. The number of rotatable bonds is 10. The molecule has 3 N–H and O–H groups in total. The minimum Gasteiger partial charge on any atom is -0.447 e. The molecule has 186 valence electrons. The molecule has 10 heteroatoms. The van der Waals surface area contributed by atoms with Gasteiger partial charge in [0.25, 0.3) is 0 Å². The van der Waals surface area contributed by atoms with E-state index >= 15 is 0 Å². The molecule has 3 rings (SSSR count). The van der Waals surface area contributed by atoms with Crippen molar-refractivity contribution in [2.45, 2.75) is 31.7 Å². The standard InChI is InChI=1S/C25H27F3N4O3/c1-32(23(33)10-8-16-4-2-6-21(27)24(16)28)20(5-3-11-29)15-35-25(34)31-22-13-18-12-19(26)9-7-17(18)14-30-22/h2,4,6-7,9,12-14,20H,3,5,8,10-11,15,29H2,1H3,(H,30,31,34)/t20-/m0/s1. The summed E-state index contributed by atoms with van der Waals surface area (Å²) >= 11 is 0. The number of amides is 2. The summed E-state index contributed by atoms with van der Waals surface area (Å²) in [6, 6.07) is 9.12. The predicted octanol–water partition coefficient (Wildman–Crippen LogP) is 4.40. The molecule has 0 saturated carbocycles. The first kappa shape index (κ1) is 26.0. The Kier molecular flexibility index (Phi) is 9.02. The Morgan fingerprint density at radius 2 is 1.94 bits per heavy atom. The van der Waals surface area contributed by atoms with E-state index in [1.165, 1.54) is 41.4 Å². The second-order valence-electron chi connectivity index (χ2n) is 8.09. The zero-order valence-electron chi connectivity index (χ0n) is 19.3. The first-order valence-corrected chi connectivity index (χ1v) is 11.2. The van der Waals surface area contributed by atoms with Gasteiger partial charge in [-0.3, -0.25) is 10.1 Å². The smallest absolute Gasteiger partial charge is 0.412 e. The molecular formula is C25H27F3N4O3. The molecule has 1 aromatic heterocycles. The number of fused-ring (bicyclic) bond motifs is 1. The highest BCUT2D eigenvalue weighted by molar-refractivity contribution is 5.89. The molecule has 2 aromatic carbocycles. The van der Waals surface area contributed by atoms with Crippen molar-refractivity contribution in [2.24, 2.45) is 5.73 Å². The molecule has 0 bridgehead atoms. The van der Waals surface area contributed by atoms with Crippen molar-refractivity contribution in [2.75, 3.05) is 25.5 Å². The molecule has 0 unspecified atom stereocenters. The van der Waals surface area contributed by atoms with E-state index in [2.05, 4.69) is 10.3 Å². The Hall–Kier alpha value is -3.66. The zero-order valence-corrected chi connectivity index (χ0v) is 19.3. The number of aryl methyl sites for hydroxylation is 1. The summed E-state index contributed by atoms with van der Waals surface area (Å²) in [7, 11) is 1.56. The van der Waals surface area contributed by atoms with Crippen LogP contribution in [0.25, 0.3) is 10.8 Å². The summed E-state index contributed by atoms with van der Waals surface area (Å²) in [4.78, 5) is 30.5. The van der Waals surface area contributed by atoms with Crippen LogP contribution in [0, 0.1) is 17.5 Å². The number of anilines is 1. The van der Waals surface area contributed by atoms with Gasteiger partial charge in [-0.2, -0.15) is 0 Å². The van der Waals surface area contributed by atoms with Gasteiger partial charge in [-0.25, -0.2) is 22.9 Å². The average molecular weight is 489 g/mol. The first-order chi connectivity index (χ1) is 16.8. The van der Waals surface area contributed by atoms with Gasteiger partial charge in [-0.05, 0) is 67.1 Å². The first-order valence-electron chi connectivity index (χ1n) is 11.2. The maximum absolute atomic E-state index is 13.9.